The SMILES string of the molecule is CC(CC1CC1)NCCCF. The first-order valence-corrected chi connectivity index (χ1v) is 4.62. The first-order chi connectivity index (χ1) is 5.33. The Kier molecular flexibility index (Phi) is 3.84. The Bertz CT molecular complexity index is 102. The molecular weight excluding hydrogens is 141 g/mol. The Morgan fingerprint density at radius 1 is 1.55 bits per heavy atom. The predicted octanol–water partition coefficient (Wildman–Crippen LogP) is 2.12. The van der Waals surface area contributed by atoms with Crippen LogP contribution in [-0.2, 0) is 0 Å². The van der Waals surface area contributed by atoms with Gasteiger partial charge in [-0.2, -0.15) is 0 Å². The molecule has 1 atom stereocenters. The molecule has 11 heavy (non-hydrogen) atoms. The lowest BCUT2D eigenvalue weighted by molar-refractivity contribution is 0.428. The van der Waals surface area contributed by atoms with Crippen LogP contribution in [0.25, 0.3) is 0 Å². The second-order valence-electron chi connectivity index (χ2n) is 3.58. The minimum atomic E-state index is -0.191. The van der Waals surface area contributed by atoms with E-state index in [9.17, 15) is 4.39 Å². The summed E-state index contributed by atoms with van der Waals surface area (Å²) in [5.74, 6) is 0.975. The molecule has 0 radical (unpaired) electrons. The highest BCUT2D eigenvalue weighted by atomic mass is 19.1. The largest absolute Gasteiger partial charge is 0.314 e. The fourth-order valence-electron chi connectivity index (χ4n) is 1.35. The molecule has 1 N–H and O–H groups in total. The Hall–Kier alpha value is -0.110. The number of hydrogen-bond donors (Lipinski definition) is 1. The van der Waals surface area contributed by atoms with Crippen LogP contribution in [-0.4, -0.2) is 19.3 Å². The van der Waals surface area contributed by atoms with Crippen molar-refractivity contribution in [3.8, 4) is 0 Å². The van der Waals surface area contributed by atoms with Crippen LogP contribution in [0.15, 0.2) is 0 Å². The van der Waals surface area contributed by atoms with E-state index in [0.29, 0.717) is 12.5 Å². The molecule has 1 aliphatic carbocycles. The van der Waals surface area contributed by atoms with Gasteiger partial charge in [-0.05, 0) is 32.2 Å². The van der Waals surface area contributed by atoms with Crippen LogP contribution in [0.4, 0.5) is 4.39 Å². The lowest BCUT2D eigenvalue weighted by atomic mass is 10.1. The summed E-state index contributed by atoms with van der Waals surface area (Å²) in [6.07, 6.45) is 4.77. The van der Waals surface area contributed by atoms with Crippen molar-refractivity contribution in [3.63, 3.8) is 0 Å². The lowest BCUT2D eigenvalue weighted by Gasteiger charge is -2.11. The van der Waals surface area contributed by atoms with Crippen molar-refractivity contribution in [1.29, 1.82) is 0 Å². The molecule has 2 heteroatoms. The highest BCUT2D eigenvalue weighted by molar-refractivity contribution is 4.77. The van der Waals surface area contributed by atoms with Gasteiger partial charge in [-0.15, -0.1) is 0 Å². The third kappa shape index (κ3) is 4.35. The predicted molar refractivity (Wildman–Crippen MR) is 45.4 cm³/mol. The Morgan fingerprint density at radius 2 is 2.27 bits per heavy atom. The molecule has 1 saturated carbocycles. The standard InChI is InChI=1S/C9H18FN/c1-8(7-9-3-4-9)11-6-2-5-10/h8-9,11H,2-7H2,1H3. The van der Waals surface area contributed by atoms with Gasteiger partial charge >= 0.3 is 0 Å². The average Bonchev–Trinajstić information content (AvgIpc) is 2.72. The second kappa shape index (κ2) is 4.70. The molecule has 1 nitrogen and oxygen atoms in total. The van der Waals surface area contributed by atoms with Crippen LogP contribution in [0.3, 0.4) is 0 Å². The number of hydrogen-bond acceptors (Lipinski definition) is 1. The number of nitrogens with one attached hydrogen (secondary N) is 1. The van der Waals surface area contributed by atoms with E-state index in [2.05, 4.69) is 12.2 Å². The van der Waals surface area contributed by atoms with Gasteiger partial charge in [0, 0.05) is 6.04 Å². The highest BCUT2D eigenvalue weighted by Gasteiger charge is 2.22. The van der Waals surface area contributed by atoms with E-state index < -0.39 is 0 Å². The molecular formula is C9H18FN. The summed E-state index contributed by atoms with van der Waals surface area (Å²) >= 11 is 0. The number of halogens is 1. The van der Waals surface area contributed by atoms with Crippen LogP contribution in [0.1, 0.15) is 32.6 Å². The van der Waals surface area contributed by atoms with E-state index in [1.807, 2.05) is 0 Å². The Labute approximate surface area is 68.4 Å². The van der Waals surface area contributed by atoms with E-state index >= 15 is 0 Å². The molecule has 1 aliphatic rings. The van der Waals surface area contributed by atoms with Crippen molar-refractivity contribution >= 4 is 0 Å². The maximum Gasteiger partial charge on any atom is 0.0906 e. The van der Waals surface area contributed by atoms with Crippen LogP contribution < -0.4 is 5.32 Å². The monoisotopic (exact) mass is 159 g/mol. The maximum atomic E-state index is 11.7. The summed E-state index contributed by atoms with van der Waals surface area (Å²) < 4.78 is 11.7. The second-order valence-corrected chi connectivity index (χ2v) is 3.58. The fraction of sp³-hybridized carbons (Fsp3) is 1.00. The van der Waals surface area contributed by atoms with Gasteiger partial charge in [0.25, 0.3) is 0 Å². The van der Waals surface area contributed by atoms with Crippen LogP contribution in [0, 0.1) is 5.92 Å². The van der Waals surface area contributed by atoms with Crippen molar-refractivity contribution in [3.05, 3.63) is 0 Å². The van der Waals surface area contributed by atoms with Crippen molar-refractivity contribution in [2.45, 2.75) is 38.6 Å². The van der Waals surface area contributed by atoms with Gasteiger partial charge in [0.1, 0.15) is 0 Å². The van der Waals surface area contributed by atoms with Crippen molar-refractivity contribution in [2.24, 2.45) is 5.92 Å². The first kappa shape index (κ1) is 8.98. The van der Waals surface area contributed by atoms with E-state index in [-0.39, 0.29) is 6.67 Å². The molecule has 0 spiro atoms. The summed E-state index contributed by atoms with van der Waals surface area (Å²) in [5.41, 5.74) is 0. The Balaban J connectivity index is 1.87. The molecule has 1 unspecified atom stereocenters. The van der Waals surface area contributed by atoms with Gasteiger partial charge in [-0.25, -0.2) is 0 Å². The summed E-state index contributed by atoms with van der Waals surface area (Å²) in [7, 11) is 0. The van der Waals surface area contributed by atoms with Crippen molar-refractivity contribution in [1.82, 2.24) is 5.32 Å². The molecule has 0 aliphatic heterocycles. The normalized spacial score (nSPS) is 20.2. The van der Waals surface area contributed by atoms with Crippen LogP contribution >= 0.6 is 0 Å². The zero-order valence-corrected chi connectivity index (χ0v) is 7.28. The van der Waals surface area contributed by atoms with E-state index in [1.165, 1.54) is 19.3 Å². The molecule has 0 heterocycles. The molecule has 0 aromatic rings. The maximum absolute atomic E-state index is 11.7. The van der Waals surface area contributed by atoms with Crippen molar-refractivity contribution in [2.75, 3.05) is 13.2 Å². The van der Waals surface area contributed by atoms with E-state index in [4.69, 9.17) is 0 Å². The van der Waals surface area contributed by atoms with Gasteiger partial charge in [0.05, 0.1) is 6.67 Å². The summed E-state index contributed by atoms with van der Waals surface area (Å²) in [5, 5.41) is 3.31. The highest BCUT2D eigenvalue weighted by Crippen LogP contribution is 2.33. The minimum absolute atomic E-state index is 0.191. The van der Waals surface area contributed by atoms with Gasteiger partial charge < -0.3 is 5.32 Å². The zero-order valence-electron chi connectivity index (χ0n) is 7.28. The van der Waals surface area contributed by atoms with Gasteiger partial charge in [-0.1, -0.05) is 12.8 Å². The molecule has 0 aromatic heterocycles. The first-order valence-electron chi connectivity index (χ1n) is 4.62. The number of alkyl halides is 1. The summed E-state index contributed by atoms with van der Waals surface area (Å²) in [4.78, 5) is 0. The molecule has 66 valence electrons. The lowest BCUT2D eigenvalue weighted by Crippen LogP contribution is -2.27. The van der Waals surface area contributed by atoms with Gasteiger partial charge in [0.2, 0.25) is 0 Å². The van der Waals surface area contributed by atoms with E-state index in [0.717, 1.165) is 12.5 Å². The quantitative estimate of drug-likeness (QED) is 0.585. The molecule has 0 bridgehead atoms. The van der Waals surface area contributed by atoms with Gasteiger partial charge in [-0.3, -0.25) is 4.39 Å². The Morgan fingerprint density at radius 3 is 2.82 bits per heavy atom. The van der Waals surface area contributed by atoms with Gasteiger partial charge in [0.15, 0.2) is 0 Å². The van der Waals surface area contributed by atoms with Crippen LogP contribution in [0.2, 0.25) is 0 Å². The molecule has 0 amide bonds. The average molecular weight is 159 g/mol. The fourth-order valence-corrected chi connectivity index (χ4v) is 1.35. The molecule has 0 saturated heterocycles. The topological polar surface area (TPSA) is 12.0 Å². The molecule has 0 aromatic carbocycles. The minimum Gasteiger partial charge on any atom is -0.314 e. The smallest absolute Gasteiger partial charge is 0.0906 e. The molecule has 1 fully saturated rings. The summed E-state index contributed by atoms with van der Waals surface area (Å²) in [6.45, 7) is 2.84. The number of rotatable bonds is 6. The summed E-state index contributed by atoms with van der Waals surface area (Å²) in [6, 6.07) is 0.592. The third-order valence-corrected chi connectivity index (χ3v) is 2.19. The molecule has 1 rings (SSSR count). The van der Waals surface area contributed by atoms with E-state index in [1.54, 1.807) is 0 Å². The zero-order chi connectivity index (χ0) is 8.10. The van der Waals surface area contributed by atoms with Crippen LogP contribution in [0.5, 0.6) is 0 Å². The van der Waals surface area contributed by atoms with Crippen molar-refractivity contribution < 1.29 is 4.39 Å². The third-order valence-electron chi connectivity index (χ3n) is 2.19.